The van der Waals surface area contributed by atoms with E-state index in [1.54, 1.807) is 47.1 Å². The van der Waals surface area contributed by atoms with E-state index < -0.39 is 0 Å². The van der Waals surface area contributed by atoms with Crippen LogP contribution < -0.4 is 10.6 Å². The summed E-state index contributed by atoms with van der Waals surface area (Å²) in [4.78, 5) is 29.0. The first-order chi connectivity index (χ1) is 18.9. The first kappa shape index (κ1) is 25.8. The fraction of sp³-hybridized carbons (Fsp3) is 0.133. The number of H-pyrrole nitrogens is 1. The van der Waals surface area contributed by atoms with Gasteiger partial charge >= 0.3 is 0 Å². The van der Waals surface area contributed by atoms with Gasteiger partial charge in [-0.15, -0.1) is 0 Å². The predicted molar refractivity (Wildman–Crippen MR) is 152 cm³/mol. The molecular formula is C30H25ClN6O2. The number of aromatic nitrogens is 3. The van der Waals surface area contributed by atoms with Crippen LogP contribution in [0, 0.1) is 18.3 Å². The highest BCUT2D eigenvalue weighted by Crippen LogP contribution is 2.26. The average molecular weight is 537 g/mol. The third-order valence-electron chi connectivity index (χ3n) is 6.35. The van der Waals surface area contributed by atoms with Gasteiger partial charge < -0.3 is 15.6 Å². The molecule has 0 radical (unpaired) electrons. The lowest BCUT2D eigenvalue weighted by atomic mass is 10.0. The van der Waals surface area contributed by atoms with Gasteiger partial charge in [-0.3, -0.25) is 9.59 Å². The van der Waals surface area contributed by atoms with Crippen molar-refractivity contribution in [1.29, 1.82) is 5.26 Å². The topological polar surface area (TPSA) is 116 Å². The van der Waals surface area contributed by atoms with Crippen molar-refractivity contribution < 1.29 is 9.59 Å². The summed E-state index contributed by atoms with van der Waals surface area (Å²) in [5.74, 6) is -0.103. The van der Waals surface area contributed by atoms with E-state index in [4.69, 9.17) is 11.6 Å². The highest BCUT2D eigenvalue weighted by molar-refractivity contribution is 6.30. The number of ketones is 1. The van der Waals surface area contributed by atoms with Gasteiger partial charge in [-0.2, -0.15) is 10.4 Å². The number of hydrogen-bond donors (Lipinski definition) is 3. The van der Waals surface area contributed by atoms with Crippen LogP contribution in [-0.2, 0) is 0 Å². The molecule has 5 aromatic rings. The Kier molecular flexibility index (Phi) is 7.43. The normalized spacial score (nSPS) is 10.8. The molecule has 0 saturated carbocycles. The highest BCUT2D eigenvalue weighted by atomic mass is 35.5. The van der Waals surface area contributed by atoms with Crippen molar-refractivity contribution >= 4 is 40.0 Å². The van der Waals surface area contributed by atoms with E-state index in [1.807, 2.05) is 43.5 Å². The summed E-state index contributed by atoms with van der Waals surface area (Å²) in [5, 5.41) is 22.3. The number of nitriles is 1. The van der Waals surface area contributed by atoms with E-state index in [1.165, 1.54) is 0 Å². The van der Waals surface area contributed by atoms with Crippen molar-refractivity contribution in [2.45, 2.75) is 13.3 Å². The quantitative estimate of drug-likeness (QED) is 0.166. The zero-order chi connectivity index (χ0) is 27.4. The van der Waals surface area contributed by atoms with Crippen LogP contribution >= 0.6 is 11.6 Å². The van der Waals surface area contributed by atoms with Crippen LogP contribution in [-0.4, -0.2) is 39.5 Å². The second-order valence-electron chi connectivity index (χ2n) is 9.08. The summed E-state index contributed by atoms with van der Waals surface area (Å²) < 4.78 is 1.54. The predicted octanol–water partition coefficient (Wildman–Crippen LogP) is 5.65. The number of halogens is 1. The number of aryl methyl sites for hydroxylation is 1. The number of hydrogen-bond acceptors (Lipinski definition) is 5. The molecule has 0 unspecified atom stereocenters. The van der Waals surface area contributed by atoms with Gasteiger partial charge in [0.05, 0.1) is 5.69 Å². The van der Waals surface area contributed by atoms with E-state index in [0.717, 1.165) is 16.5 Å². The molecule has 0 saturated heterocycles. The molecule has 5 rings (SSSR count). The molecule has 0 atom stereocenters. The van der Waals surface area contributed by atoms with Gasteiger partial charge in [-0.1, -0.05) is 47.5 Å². The number of rotatable bonds is 9. The number of aromatic amines is 1. The molecule has 0 aliphatic carbocycles. The van der Waals surface area contributed by atoms with Crippen molar-refractivity contribution in [3.63, 3.8) is 0 Å². The molecule has 9 heteroatoms. The van der Waals surface area contributed by atoms with Gasteiger partial charge in [0, 0.05) is 41.0 Å². The molecule has 8 nitrogen and oxygen atoms in total. The van der Waals surface area contributed by atoms with Crippen LogP contribution in [0.3, 0.4) is 0 Å². The zero-order valence-electron chi connectivity index (χ0n) is 21.2. The van der Waals surface area contributed by atoms with Crippen LogP contribution in [0.1, 0.15) is 44.0 Å². The smallest absolute Gasteiger partial charge is 0.251 e. The molecule has 1 amide bonds. The summed E-state index contributed by atoms with van der Waals surface area (Å²) >= 11 is 6.07. The third kappa shape index (κ3) is 5.54. The molecule has 0 bridgehead atoms. The molecule has 2 aromatic heterocycles. The average Bonchev–Trinajstić information content (AvgIpc) is 3.57. The Morgan fingerprint density at radius 3 is 2.49 bits per heavy atom. The number of carbonyl (C=O) groups is 2. The minimum absolute atomic E-state index is 0.0619. The molecule has 0 aliphatic rings. The SMILES string of the molecule is Cc1ccc(C(=O)c2nn(-c3ccc(Cl)cc3)c(NCCCNC(=O)c3ccc4cc[nH]c4c3)c2C#N)cc1. The fourth-order valence-electron chi connectivity index (χ4n) is 4.25. The van der Waals surface area contributed by atoms with Crippen LogP contribution in [0.5, 0.6) is 0 Å². The lowest BCUT2D eigenvalue weighted by Gasteiger charge is -2.11. The number of anilines is 1. The number of carbonyl (C=O) groups excluding carboxylic acids is 2. The van der Waals surface area contributed by atoms with Crippen LogP contribution in [0.15, 0.2) is 79.0 Å². The maximum absolute atomic E-state index is 13.3. The molecule has 3 aromatic carbocycles. The molecule has 3 N–H and O–H groups in total. The zero-order valence-corrected chi connectivity index (χ0v) is 21.9. The van der Waals surface area contributed by atoms with E-state index >= 15 is 0 Å². The monoisotopic (exact) mass is 536 g/mol. The molecule has 0 aliphatic heterocycles. The summed E-state index contributed by atoms with van der Waals surface area (Å²) in [6.45, 7) is 2.79. The standard InChI is InChI=1S/C30H25ClN6O2/c1-19-3-5-21(6-4-19)28(38)27-25(18-32)29(37(36-27)24-11-9-23(31)10-12-24)34-14-2-15-35-30(39)22-8-7-20-13-16-33-26(20)17-22/h3-13,16-17,33-34H,2,14-15H2,1H3,(H,35,39). The van der Waals surface area contributed by atoms with Crippen LogP contribution in [0.25, 0.3) is 16.6 Å². The Bertz CT molecular complexity index is 1690. The fourth-order valence-corrected chi connectivity index (χ4v) is 4.37. The van der Waals surface area contributed by atoms with Crippen molar-refractivity contribution in [3.05, 3.63) is 112 Å². The van der Waals surface area contributed by atoms with Gasteiger partial charge in [0.25, 0.3) is 5.91 Å². The second kappa shape index (κ2) is 11.3. The number of nitrogens with one attached hydrogen (secondary N) is 3. The lowest BCUT2D eigenvalue weighted by molar-refractivity contribution is 0.0953. The summed E-state index contributed by atoms with van der Waals surface area (Å²) in [7, 11) is 0. The van der Waals surface area contributed by atoms with Crippen LogP contribution in [0.4, 0.5) is 5.82 Å². The van der Waals surface area contributed by atoms with E-state index in [-0.39, 0.29) is 22.9 Å². The Balaban J connectivity index is 1.32. The van der Waals surface area contributed by atoms with Crippen molar-refractivity contribution in [2.75, 3.05) is 18.4 Å². The molecule has 194 valence electrons. The van der Waals surface area contributed by atoms with Gasteiger partial charge in [0.1, 0.15) is 17.5 Å². The molecular weight excluding hydrogens is 512 g/mol. The Labute approximate surface area is 230 Å². The number of benzene rings is 3. The van der Waals surface area contributed by atoms with E-state index in [0.29, 0.717) is 47.2 Å². The van der Waals surface area contributed by atoms with E-state index in [9.17, 15) is 14.9 Å². The molecule has 39 heavy (non-hydrogen) atoms. The van der Waals surface area contributed by atoms with Gasteiger partial charge in [-0.05, 0) is 61.2 Å². The summed E-state index contributed by atoms with van der Waals surface area (Å²) in [6, 6.07) is 23.7. The molecule has 0 fully saturated rings. The summed E-state index contributed by atoms with van der Waals surface area (Å²) in [6.07, 6.45) is 2.41. The van der Waals surface area contributed by atoms with Crippen molar-refractivity contribution in [3.8, 4) is 11.8 Å². The minimum atomic E-state index is -0.339. The third-order valence-corrected chi connectivity index (χ3v) is 6.60. The molecule has 2 heterocycles. The Morgan fingerprint density at radius 2 is 1.74 bits per heavy atom. The Hall–Kier alpha value is -4.87. The first-order valence-electron chi connectivity index (χ1n) is 12.4. The van der Waals surface area contributed by atoms with Gasteiger partial charge in [0.2, 0.25) is 5.78 Å². The van der Waals surface area contributed by atoms with Crippen LogP contribution in [0.2, 0.25) is 5.02 Å². The first-order valence-corrected chi connectivity index (χ1v) is 12.8. The van der Waals surface area contributed by atoms with Gasteiger partial charge in [-0.25, -0.2) is 4.68 Å². The number of fused-ring (bicyclic) bond motifs is 1. The maximum atomic E-state index is 13.3. The van der Waals surface area contributed by atoms with E-state index in [2.05, 4.69) is 26.8 Å². The number of nitrogens with zero attached hydrogens (tertiary/aromatic N) is 3. The molecule has 0 spiro atoms. The van der Waals surface area contributed by atoms with Crippen molar-refractivity contribution in [2.24, 2.45) is 0 Å². The largest absolute Gasteiger partial charge is 0.369 e. The van der Waals surface area contributed by atoms with Crippen molar-refractivity contribution in [1.82, 2.24) is 20.1 Å². The Morgan fingerprint density at radius 1 is 1.00 bits per heavy atom. The number of amides is 1. The lowest BCUT2D eigenvalue weighted by Crippen LogP contribution is -2.26. The second-order valence-corrected chi connectivity index (χ2v) is 9.52. The van der Waals surface area contributed by atoms with Gasteiger partial charge in [0.15, 0.2) is 5.69 Å². The highest BCUT2D eigenvalue weighted by Gasteiger charge is 2.25. The summed E-state index contributed by atoms with van der Waals surface area (Å²) in [5.41, 5.74) is 3.81. The maximum Gasteiger partial charge on any atom is 0.251 e. The minimum Gasteiger partial charge on any atom is -0.369 e.